The summed E-state index contributed by atoms with van der Waals surface area (Å²) in [5, 5.41) is 3.17. The SMILES string of the molecule is Cc1ccccc1CCNc1ccc(F)cn1. The Labute approximate surface area is 101 Å². The Kier molecular flexibility index (Phi) is 3.70. The van der Waals surface area contributed by atoms with E-state index in [1.165, 1.54) is 23.4 Å². The maximum atomic E-state index is 12.6. The van der Waals surface area contributed by atoms with Crippen molar-refractivity contribution in [3.63, 3.8) is 0 Å². The van der Waals surface area contributed by atoms with Crippen molar-refractivity contribution in [1.82, 2.24) is 4.98 Å². The van der Waals surface area contributed by atoms with Gasteiger partial charge in [0.1, 0.15) is 11.6 Å². The molecular formula is C14H15FN2. The fourth-order valence-corrected chi connectivity index (χ4v) is 1.70. The summed E-state index contributed by atoms with van der Waals surface area (Å²) in [6.07, 6.45) is 2.15. The van der Waals surface area contributed by atoms with Gasteiger partial charge in [-0.05, 0) is 36.6 Å². The van der Waals surface area contributed by atoms with E-state index in [1.54, 1.807) is 6.07 Å². The number of hydrogen-bond acceptors (Lipinski definition) is 2. The Bertz CT molecular complexity index is 480. The number of rotatable bonds is 4. The van der Waals surface area contributed by atoms with Crippen molar-refractivity contribution in [2.45, 2.75) is 13.3 Å². The molecule has 1 heterocycles. The monoisotopic (exact) mass is 230 g/mol. The summed E-state index contributed by atoms with van der Waals surface area (Å²) in [4.78, 5) is 3.95. The molecule has 0 atom stereocenters. The molecule has 0 fully saturated rings. The molecule has 2 aromatic rings. The van der Waals surface area contributed by atoms with Crippen LogP contribution in [0.15, 0.2) is 42.6 Å². The second kappa shape index (κ2) is 5.43. The van der Waals surface area contributed by atoms with Gasteiger partial charge in [0.2, 0.25) is 0 Å². The van der Waals surface area contributed by atoms with Crippen LogP contribution in [-0.2, 0) is 6.42 Å². The minimum atomic E-state index is -0.311. The largest absolute Gasteiger partial charge is 0.370 e. The fourth-order valence-electron chi connectivity index (χ4n) is 1.70. The topological polar surface area (TPSA) is 24.9 Å². The molecule has 1 N–H and O–H groups in total. The van der Waals surface area contributed by atoms with Crippen LogP contribution in [0.1, 0.15) is 11.1 Å². The van der Waals surface area contributed by atoms with Crippen molar-refractivity contribution in [2.75, 3.05) is 11.9 Å². The lowest BCUT2D eigenvalue weighted by atomic mass is 10.1. The van der Waals surface area contributed by atoms with Crippen LogP contribution in [0.2, 0.25) is 0 Å². The Hall–Kier alpha value is -1.90. The molecule has 0 saturated carbocycles. The highest BCUT2D eigenvalue weighted by molar-refractivity contribution is 5.34. The number of aryl methyl sites for hydroxylation is 1. The summed E-state index contributed by atoms with van der Waals surface area (Å²) in [6.45, 7) is 2.90. The third kappa shape index (κ3) is 3.28. The first-order valence-corrected chi connectivity index (χ1v) is 5.65. The summed E-state index contributed by atoms with van der Waals surface area (Å²) < 4.78 is 12.6. The zero-order chi connectivity index (χ0) is 12.1. The van der Waals surface area contributed by atoms with E-state index in [-0.39, 0.29) is 5.82 Å². The predicted molar refractivity (Wildman–Crippen MR) is 67.6 cm³/mol. The first kappa shape index (κ1) is 11.6. The lowest BCUT2D eigenvalue weighted by Gasteiger charge is -2.07. The molecule has 0 spiro atoms. The molecule has 1 aromatic heterocycles. The first-order chi connectivity index (χ1) is 8.25. The quantitative estimate of drug-likeness (QED) is 0.872. The molecule has 1 aromatic carbocycles. The van der Waals surface area contributed by atoms with Gasteiger partial charge in [0, 0.05) is 6.54 Å². The van der Waals surface area contributed by atoms with Crippen molar-refractivity contribution < 1.29 is 4.39 Å². The van der Waals surface area contributed by atoms with Crippen LogP contribution in [0, 0.1) is 12.7 Å². The number of anilines is 1. The fraction of sp³-hybridized carbons (Fsp3) is 0.214. The van der Waals surface area contributed by atoms with Crippen LogP contribution in [0.3, 0.4) is 0 Å². The van der Waals surface area contributed by atoms with Crippen LogP contribution in [0.25, 0.3) is 0 Å². The van der Waals surface area contributed by atoms with Gasteiger partial charge >= 0.3 is 0 Å². The van der Waals surface area contributed by atoms with E-state index in [1.807, 2.05) is 12.1 Å². The van der Waals surface area contributed by atoms with Crippen LogP contribution < -0.4 is 5.32 Å². The summed E-state index contributed by atoms with van der Waals surface area (Å²) in [5.74, 6) is 0.398. The Morgan fingerprint density at radius 1 is 1.18 bits per heavy atom. The molecule has 0 saturated heterocycles. The van der Waals surface area contributed by atoms with Gasteiger partial charge in [-0.25, -0.2) is 9.37 Å². The molecule has 88 valence electrons. The van der Waals surface area contributed by atoms with Crippen molar-refractivity contribution >= 4 is 5.82 Å². The van der Waals surface area contributed by atoms with Gasteiger partial charge in [-0.15, -0.1) is 0 Å². The number of nitrogens with zero attached hydrogens (tertiary/aromatic N) is 1. The van der Waals surface area contributed by atoms with E-state index in [9.17, 15) is 4.39 Å². The van der Waals surface area contributed by atoms with Crippen molar-refractivity contribution in [2.24, 2.45) is 0 Å². The van der Waals surface area contributed by atoms with Gasteiger partial charge in [-0.1, -0.05) is 24.3 Å². The number of aromatic nitrogens is 1. The van der Waals surface area contributed by atoms with Gasteiger partial charge in [0.15, 0.2) is 0 Å². The van der Waals surface area contributed by atoms with Crippen LogP contribution in [-0.4, -0.2) is 11.5 Å². The van der Waals surface area contributed by atoms with Crippen molar-refractivity contribution in [3.8, 4) is 0 Å². The van der Waals surface area contributed by atoms with Crippen LogP contribution in [0.4, 0.5) is 10.2 Å². The zero-order valence-electron chi connectivity index (χ0n) is 9.78. The highest BCUT2D eigenvalue weighted by Gasteiger charge is 1.98. The average Bonchev–Trinajstić information content (AvgIpc) is 2.34. The summed E-state index contributed by atoms with van der Waals surface area (Å²) in [7, 11) is 0. The number of pyridine rings is 1. The zero-order valence-corrected chi connectivity index (χ0v) is 9.78. The second-order valence-electron chi connectivity index (χ2n) is 3.96. The minimum Gasteiger partial charge on any atom is -0.370 e. The molecule has 2 nitrogen and oxygen atoms in total. The van der Waals surface area contributed by atoms with Gasteiger partial charge in [0.05, 0.1) is 6.20 Å². The first-order valence-electron chi connectivity index (χ1n) is 5.65. The number of hydrogen-bond donors (Lipinski definition) is 1. The highest BCUT2D eigenvalue weighted by atomic mass is 19.1. The van der Waals surface area contributed by atoms with E-state index >= 15 is 0 Å². The van der Waals surface area contributed by atoms with Gasteiger partial charge in [-0.2, -0.15) is 0 Å². The van der Waals surface area contributed by atoms with Crippen molar-refractivity contribution in [3.05, 3.63) is 59.5 Å². The molecule has 0 unspecified atom stereocenters. The third-order valence-electron chi connectivity index (χ3n) is 2.69. The maximum Gasteiger partial charge on any atom is 0.141 e. The maximum absolute atomic E-state index is 12.6. The molecule has 17 heavy (non-hydrogen) atoms. The van der Waals surface area contributed by atoms with E-state index < -0.39 is 0 Å². The molecule has 0 aliphatic carbocycles. The number of benzene rings is 1. The average molecular weight is 230 g/mol. The summed E-state index contributed by atoms with van der Waals surface area (Å²) >= 11 is 0. The molecule has 0 bridgehead atoms. The number of nitrogens with one attached hydrogen (secondary N) is 1. The van der Waals surface area contributed by atoms with Gasteiger partial charge in [0.25, 0.3) is 0 Å². The van der Waals surface area contributed by atoms with Gasteiger partial charge < -0.3 is 5.32 Å². The Morgan fingerprint density at radius 2 is 2.00 bits per heavy atom. The second-order valence-corrected chi connectivity index (χ2v) is 3.96. The Balaban J connectivity index is 1.88. The molecule has 0 radical (unpaired) electrons. The molecule has 0 aliphatic rings. The molecule has 2 rings (SSSR count). The summed E-state index contributed by atoms with van der Waals surface area (Å²) in [6, 6.07) is 11.4. The lowest BCUT2D eigenvalue weighted by Crippen LogP contribution is -2.07. The lowest BCUT2D eigenvalue weighted by molar-refractivity contribution is 0.621. The molecule has 0 amide bonds. The summed E-state index contributed by atoms with van der Waals surface area (Å²) in [5.41, 5.74) is 2.61. The van der Waals surface area contributed by atoms with E-state index in [0.29, 0.717) is 5.82 Å². The number of halogens is 1. The normalized spacial score (nSPS) is 10.2. The molecular weight excluding hydrogens is 215 g/mol. The van der Waals surface area contributed by atoms with Crippen LogP contribution in [0.5, 0.6) is 0 Å². The highest BCUT2D eigenvalue weighted by Crippen LogP contribution is 2.08. The minimum absolute atomic E-state index is 0.311. The van der Waals surface area contributed by atoms with E-state index in [4.69, 9.17) is 0 Å². The van der Waals surface area contributed by atoms with Crippen molar-refractivity contribution in [1.29, 1.82) is 0 Å². The molecule has 3 heteroatoms. The van der Waals surface area contributed by atoms with E-state index in [2.05, 4.69) is 29.4 Å². The predicted octanol–water partition coefficient (Wildman–Crippen LogP) is 3.18. The van der Waals surface area contributed by atoms with Gasteiger partial charge in [-0.3, -0.25) is 0 Å². The smallest absolute Gasteiger partial charge is 0.141 e. The molecule has 0 aliphatic heterocycles. The Morgan fingerprint density at radius 3 is 2.71 bits per heavy atom. The van der Waals surface area contributed by atoms with E-state index in [0.717, 1.165) is 13.0 Å². The van der Waals surface area contributed by atoms with Crippen LogP contribution >= 0.6 is 0 Å². The third-order valence-corrected chi connectivity index (χ3v) is 2.69. The standard InChI is InChI=1S/C14H15FN2/c1-11-4-2-3-5-12(11)8-9-16-14-7-6-13(15)10-17-14/h2-7,10H,8-9H2,1H3,(H,16,17).